The summed E-state index contributed by atoms with van der Waals surface area (Å²) in [5.41, 5.74) is 6.42. The first-order valence-corrected chi connectivity index (χ1v) is 8.41. The van der Waals surface area contributed by atoms with Crippen LogP contribution in [0.1, 0.15) is 18.1 Å². The zero-order chi connectivity index (χ0) is 16.1. The van der Waals surface area contributed by atoms with Crippen molar-refractivity contribution < 1.29 is 0 Å². The largest absolute Gasteiger partial charge is 0.335 e. The third-order valence-corrected chi connectivity index (χ3v) is 4.26. The maximum atomic E-state index is 4.51. The third-order valence-electron chi connectivity index (χ3n) is 3.73. The van der Waals surface area contributed by atoms with E-state index >= 15 is 0 Å². The summed E-state index contributed by atoms with van der Waals surface area (Å²) in [7, 11) is 0. The summed E-state index contributed by atoms with van der Waals surface area (Å²) in [5.74, 6) is 0.838. The lowest BCUT2D eigenvalue weighted by atomic mass is 10.1. The highest BCUT2D eigenvalue weighted by Gasteiger charge is 2.16. The number of nitrogens with zero attached hydrogens (tertiary/aromatic N) is 3. The topological polar surface area (TPSA) is 40.0 Å². The van der Waals surface area contributed by atoms with E-state index in [1.807, 2.05) is 37.3 Å². The number of benzene rings is 2. The van der Waals surface area contributed by atoms with E-state index in [-0.39, 0.29) is 0 Å². The molecule has 5 heteroatoms. The molecule has 0 saturated heterocycles. The second-order valence-electron chi connectivity index (χ2n) is 5.43. The molecule has 0 fully saturated rings. The second-order valence-corrected chi connectivity index (χ2v) is 6.34. The van der Waals surface area contributed by atoms with E-state index < -0.39 is 0 Å². The lowest BCUT2D eigenvalue weighted by Crippen LogP contribution is -2.35. The van der Waals surface area contributed by atoms with Crippen LogP contribution in [0.4, 0.5) is 0 Å². The molecule has 0 aliphatic carbocycles. The van der Waals surface area contributed by atoms with E-state index in [2.05, 4.69) is 60.6 Å². The van der Waals surface area contributed by atoms with Crippen LogP contribution in [0.15, 0.2) is 69.2 Å². The van der Waals surface area contributed by atoms with Crippen LogP contribution in [0.5, 0.6) is 0 Å². The maximum absolute atomic E-state index is 4.51. The van der Waals surface area contributed by atoms with Crippen molar-refractivity contribution in [1.29, 1.82) is 0 Å². The fourth-order valence-corrected chi connectivity index (χ4v) is 2.70. The monoisotopic (exact) mass is 370 g/mol. The molecular weight excluding hydrogens is 352 g/mol. The van der Waals surface area contributed by atoms with Crippen molar-refractivity contribution in [3.05, 3.63) is 70.2 Å². The zero-order valence-electron chi connectivity index (χ0n) is 13.0. The number of hydrogen-bond donors (Lipinski definition) is 1. The van der Waals surface area contributed by atoms with Crippen molar-refractivity contribution >= 4 is 27.6 Å². The van der Waals surface area contributed by atoms with Crippen molar-refractivity contribution in [3.8, 4) is 0 Å². The zero-order valence-corrected chi connectivity index (χ0v) is 14.6. The number of hydrazone groups is 1. The summed E-state index contributed by atoms with van der Waals surface area (Å²) in [6, 6.07) is 18.5. The van der Waals surface area contributed by atoms with Crippen molar-refractivity contribution in [2.24, 2.45) is 10.1 Å². The standard InChI is InChI=1S/C18H19BrN4/c1-14(16-7-9-17(19)10-8-16)21-22-18-20-11-12-23(18)13-15-5-3-2-4-6-15/h2-10H,11-13H2,1H3,(H,20,22)/b21-14+. The number of aliphatic imine (C=N–C) groups is 1. The molecule has 1 heterocycles. The number of rotatable bonds is 4. The molecule has 0 radical (unpaired) electrons. The fraction of sp³-hybridized carbons (Fsp3) is 0.222. The lowest BCUT2D eigenvalue weighted by molar-refractivity contribution is 0.438. The Morgan fingerprint density at radius 3 is 2.65 bits per heavy atom. The quantitative estimate of drug-likeness (QED) is 0.659. The van der Waals surface area contributed by atoms with E-state index in [4.69, 9.17) is 0 Å². The molecule has 0 spiro atoms. The van der Waals surface area contributed by atoms with E-state index in [1.54, 1.807) is 0 Å². The van der Waals surface area contributed by atoms with Crippen molar-refractivity contribution in [1.82, 2.24) is 10.3 Å². The number of halogens is 1. The van der Waals surface area contributed by atoms with Crippen LogP contribution in [0.2, 0.25) is 0 Å². The summed E-state index contributed by atoms with van der Waals surface area (Å²) in [4.78, 5) is 6.73. The Kier molecular flexibility index (Phi) is 5.08. The smallest absolute Gasteiger partial charge is 0.215 e. The van der Waals surface area contributed by atoms with Gasteiger partial charge in [-0.15, -0.1) is 0 Å². The van der Waals surface area contributed by atoms with Crippen LogP contribution >= 0.6 is 15.9 Å². The average molecular weight is 371 g/mol. The first kappa shape index (κ1) is 15.7. The van der Waals surface area contributed by atoms with Crippen LogP contribution < -0.4 is 5.43 Å². The van der Waals surface area contributed by atoms with Gasteiger partial charge in [0, 0.05) is 17.6 Å². The van der Waals surface area contributed by atoms with E-state index in [0.717, 1.165) is 41.3 Å². The normalized spacial score (nSPS) is 14.8. The van der Waals surface area contributed by atoms with Gasteiger partial charge in [0.2, 0.25) is 5.96 Å². The summed E-state index contributed by atoms with van der Waals surface area (Å²) in [5, 5.41) is 4.48. The Morgan fingerprint density at radius 1 is 1.17 bits per heavy atom. The summed E-state index contributed by atoms with van der Waals surface area (Å²) >= 11 is 3.45. The highest BCUT2D eigenvalue weighted by Crippen LogP contribution is 2.11. The Hall–Kier alpha value is -2.14. The van der Waals surface area contributed by atoms with Gasteiger partial charge >= 0.3 is 0 Å². The van der Waals surface area contributed by atoms with Gasteiger partial charge in [0.15, 0.2) is 0 Å². The van der Waals surface area contributed by atoms with Gasteiger partial charge in [0.05, 0.1) is 12.3 Å². The Balaban J connectivity index is 1.64. The van der Waals surface area contributed by atoms with Gasteiger partial charge in [-0.1, -0.05) is 58.4 Å². The van der Waals surface area contributed by atoms with Crippen LogP contribution in [-0.4, -0.2) is 29.7 Å². The number of nitrogens with one attached hydrogen (secondary N) is 1. The van der Waals surface area contributed by atoms with Gasteiger partial charge < -0.3 is 4.90 Å². The first-order chi connectivity index (χ1) is 11.2. The first-order valence-electron chi connectivity index (χ1n) is 7.62. The molecule has 1 aliphatic rings. The maximum Gasteiger partial charge on any atom is 0.215 e. The van der Waals surface area contributed by atoms with Crippen molar-refractivity contribution in [2.75, 3.05) is 13.1 Å². The minimum Gasteiger partial charge on any atom is -0.335 e. The molecule has 0 unspecified atom stereocenters. The number of hydrogen-bond acceptors (Lipinski definition) is 4. The Labute approximate surface area is 145 Å². The highest BCUT2D eigenvalue weighted by atomic mass is 79.9. The van der Waals surface area contributed by atoms with E-state index in [9.17, 15) is 0 Å². The van der Waals surface area contributed by atoms with Gasteiger partial charge in [0.25, 0.3) is 0 Å². The molecule has 3 rings (SSSR count). The second kappa shape index (κ2) is 7.42. The molecule has 1 aliphatic heterocycles. The Bertz CT molecular complexity index is 708. The van der Waals surface area contributed by atoms with Crippen LogP contribution in [0.25, 0.3) is 0 Å². The van der Waals surface area contributed by atoms with Gasteiger partial charge in [-0.25, -0.2) is 10.4 Å². The summed E-state index contributed by atoms with van der Waals surface area (Å²) in [6.07, 6.45) is 0. The molecule has 2 aromatic rings. The summed E-state index contributed by atoms with van der Waals surface area (Å²) in [6.45, 7) is 4.57. The molecule has 118 valence electrons. The molecular formula is C18H19BrN4. The van der Waals surface area contributed by atoms with Crippen molar-refractivity contribution in [2.45, 2.75) is 13.5 Å². The molecule has 2 aromatic carbocycles. The van der Waals surface area contributed by atoms with Crippen molar-refractivity contribution in [3.63, 3.8) is 0 Å². The van der Waals surface area contributed by atoms with Crippen LogP contribution in [0, 0.1) is 0 Å². The lowest BCUT2D eigenvalue weighted by Gasteiger charge is -2.19. The molecule has 0 atom stereocenters. The Morgan fingerprint density at radius 2 is 1.91 bits per heavy atom. The molecule has 1 N–H and O–H groups in total. The average Bonchev–Trinajstić information content (AvgIpc) is 3.01. The van der Waals surface area contributed by atoms with E-state index in [1.165, 1.54) is 5.56 Å². The molecule has 0 bridgehead atoms. The highest BCUT2D eigenvalue weighted by molar-refractivity contribution is 9.10. The van der Waals surface area contributed by atoms with Gasteiger partial charge in [-0.3, -0.25) is 0 Å². The van der Waals surface area contributed by atoms with Gasteiger partial charge in [0.1, 0.15) is 0 Å². The van der Waals surface area contributed by atoms with Gasteiger partial charge in [-0.2, -0.15) is 5.10 Å². The predicted octanol–water partition coefficient (Wildman–Crippen LogP) is 3.63. The molecule has 0 amide bonds. The molecule has 23 heavy (non-hydrogen) atoms. The minimum atomic E-state index is 0.808. The van der Waals surface area contributed by atoms with Gasteiger partial charge in [-0.05, 0) is 30.2 Å². The minimum absolute atomic E-state index is 0.808. The van der Waals surface area contributed by atoms with Crippen LogP contribution in [-0.2, 0) is 6.54 Å². The van der Waals surface area contributed by atoms with E-state index in [0.29, 0.717) is 0 Å². The SMILES string of the molecule is C/C(=N\NC1=NCCN1Cc1ccccc1)c1ccc(Br)cc1. The predicted molar refractivity (Wildman–Crippen MR) is 98.6 cm³/mol. The fourth-order valence-electron chi connectivity index (χ4n) is 2.44. The molecule has 0 aromatic heterocycles. The third kappa shape index (κ3) is 4.20. The van der Waals surface area contributed by atoms with Crippen LogP contribution in [0.3, 0.4) is 0 Å². The molecule has 4 nitrogen and oxygen atoms in total. The summed E-state index contributed by atoms with van der Waals surface area (Å²) < 4.78 is 1.07. The molecule has 0 saturated carbocycles. The number of guanidine groups is 1.